The van der Waals surface area contributed by atoms with E-state index in [9.17, 15) is 87.2 Å². The van der Waals surface area contributed by atoms with Crippen LogP contribution >= 0.6 is 0 Å². The van der Waals surface area contributed by atoms with Crippen molar-refractivity contribution in [2.45, 2.75) is 265 Å². The fourth-order valence-corrected chi connectivity index (χ4v) is 10.1. The number of nitrogens with zero attached hydrogens (tertiary/aromatic N) is 2. The molecule has 0 aromatic carbocycles. The highest BCUT2D eigenvalue weighted by Crippen LogP contribution is 2.15. The number of guanidine groups is 2. The van der Waals surface area contributed by atoms with E-state index in [2.05, 4.69) is 79.1 Å². The van der Waals surface area contributed by atoms with Gasteiger partial charge in [-0.05, 0) is 122 Å². The second-order valence-corrected chi connectivity index (χ2v) is 28.0. The number of carbonyl (C=O) groups is 15. The van der Waals surface area contributed by atoms with E-state index in [1.807, 2.05) is 0 Å². The molecule has 0 spiro atoms. The Hall–Kier alpha value is -9.53. The van der Waals surface area contributed by atoms with Gasteiger partial charge in [-0.1, -0.05) is 75.7 Å². The first-order valence-corrected chi connectivity index (χ1v) is 35.4. The molecule has 0 fully saturated rings. The number of aliphatic imine (C=N–C) groups is 2. The normalized spacial score (nSPS) is 15.8. The highest BCUT2D eigenvalue weighted by atomic mass is 16.4. The lowest BCUT2D eigenvalue weighted by molar-refractivity contribution is -0.144. The number of primary amides is 1. The van der Waals surface area contributed by atoms with Gasteiger partial charge in [0.05, 0.1) is 12.7 Å². The van der Waals surface area contributed by atoms with Gasteiger partial charge < -0.3 is 119 Å². The van der Waals surface area contributed by atoms with Crippen molar-refractivity contribution in [3.05, 3.63) is 0 Å². The van der Waals surface area contributed by atoms with E-state index >= 15 is 0 Å². The number of rotatable bonds is 50. The molecule has 0 saturated heterocycles. The molecule has 39 heteroatoms. The van der Waals surface area contributed by atoms with Gasteiger partial charge in [0.1, 0.15) is 84.6 Å². The van der Waals surface area contributed by atoms with Crippen LogP contribution in [0.15, 0.2) is 9.98 Å². The summed E-state index contributed by atoms with van der Waals surface area (Å²) in [6, 6.07) is -19.6. The molecule has 0 bridgehead atoms. The van der Waals surface area contributed by atoms with Crippen molar-refractivity contribution in [3.8, 4) is 0 Å². The monoisotopic (exact) mass is 1500 g/mol. The Labute approximate surface area is 613 Å². The molecular formula is C66H121N21O18. The standard InChI is InChI=1S/C66H121N21O18/c1-16-34(10)49(64(104)105)86-58(98)42(20-18-24-74-66(71)72)79-57(97)41(19-17-23-73-65(69)70)80-60(100)45(26-31(4)5)82-52(92)36(12)75-51(91)35(11)78-59(99)44(25-30(2)3)84-62(102)46(27-32(6)7)83-53(93)37(13)77-56(96)43(21-22-48(68)90)81-61(101)47(28-33(8)9)85-63(103)50(39(15)89)87-54(94)38(14)76-55(95)40(67)29-88/h30-47,49-50,88-89H,16-29,67H2,1-15H3,(H2,68,90)(H,75,91)(H,76,95)(H,77,96)(H,78,99)(H,79,97)(H,80,100)(H,81,101)(H,82,92)(H,83,93)(H,84,102)(H,85,103)(H,86,98)(H,87,94)(H,104,105)(H4,69,70,73)(H4,71,72,74)/t34-,35-,36-,37-,38-,39+,40-,41-,42-,43-,44-,45-,46-,47-,49-,50-/m0/s1. The molecule has 105 heavy (non-hydrogen) atoms. The Morgan fingerprint density at radius 3 is 0.943 bits per heavy atom. The largest absolute Gasteiger partial charge is 0.480 e. The van der Waals surface area contributed by atoms with E-state index in [4.69, 9.17) is 34.4 Å². The molecule has 0 radical (unpaired) electrons. The number of aliphatic carboxylic acids is 1. The Bertz CT molecular complexity index is 2980. The third-order valence-corrected chi connectivity index (χ3v) is 16.2. The summed E-state index contributed by atoms with van der Waals surface area (Å²) in [5, 5.41) is 62.3. The fourth-order valence-electron chi connectivity index (χ4n) is 10.1. The van der Waals surface area contributed by atoms with E-state index < -0.39 is 205 Å². The molecule has 0 aliphatic carbocycles. The molecule has 0 aromatic heterocycles. The highest BCUT2D eigenvalue weighted by molar-refractivity contribution is 6.00. The lowest BCUT2D eigenvalue weighted by Gasteiger charge is -2.28. The number of hydrogen-bond acceptors (Lipinski definition) is 20. The van der Waals surface area contributed by atoms with E-state index in [1.165, 1.54) is 34.6 Å². The summed E-state index contributed by atoms with van der Waals surface area (Å²) >= 11 is 0. The predicted octanol–water partition coefficient (Wildman–Crippen LogP) is -6.24. The summed E-state index contributed by atoms with van der Waals surface area (Å²) < 4.78 is 0. The molecule has 598 valence electrons. The zero-order valence-electron chi connectivity index (χ0n) is 63.3. The van der Waals surface area contributed by atoms with Gasteiger partial charge in [0, 0.05) is 19.5 Å². The van der Waals surface area contributed by atoms with E-state index in [0.717, 1.165) is 0 Å². The predicted molar refractivity (Wildman–Crippen MR) is 388 cm³/mol. The second kappa shape index (κ2) is 48.5. The molecule has 39 nitrogen and oxygen atoms in total. The summed E-state index contributed by atoms with van der Waals surface area (Å²) in [7, 11) is 0. The number of aliphatic hydroxyl groups is 2. The molecular weight excluding hydrogens is 1370 g/mol. The van der Waals surface area contributed by atoms with Crippen LogP contribution in [0.2, 0.25) is 0 Å². The maximum absolute atomic E-state index is 14.2. The van der Waals surface area contributed by atoms with Crippen LogP contribution in [0.3, 0.4) is 0 Å². The summed E-state index contributed by atoms with van der Waals surface area (Å²) in [6.07, 6.45) is -1.93. The zero-order chi connectivity index (χ0) is 80.9. The molecule has 0 aromatic rings. The van der Waals surface area contributed by atoms with Crippen LogP contribution < -0.4 is 104 Å². The fraction of sp³-hybridized carbons (Fsp3) is 0.742. The molecule has 0 heterocycles. The lowest BCUT2D eigenvalue weighted by atomic mass is 9.98. The maximum atomic E-state index is 14.2. The number of nitrogens with one attached hydrogen (secondary N) is 13. The summed E-state index contributed by atoms with van der Waals surface area (Å²) in [5.41, 5.74) is 32.9. The van der Waals surface area contributed by atoms with E-state index in [1.54, 1.807) is 69.2 Å². The number of nitrogens with two attached hydrogens (primary N) is 6. The van der Waals surface area contributed by atoms with Crippen LogP contribution in [-0.2, 0) is 71.9 Å². The highest BCUT2D eigenvalue weighted by Gasteiger charge is 2.38. The quantitative estimate of drug-likeness (QED) is 0.0153. The summed E-state index contributed by atoms with van der Waals surface area (Å²) in [5.74, 6) is -15.9. The van der Waals surface area contributed by atoms with Gasteiger partial charge in [-0.2, -0.15) is 0 Å². The number of hydrogen-bond donors (Lipinski definition) is 22. The first-order valence-electron chi connectivity index (χ1n) is 35.4. The van der Waals surface area contributed by atoms with Crippen LogP contribution in [0.25, 0.3) is 0 Å². The van der Waals surface area contributed by atoms with Crippen molar-refractivity contribution < 1.29 is 87.2 Å². The first kappa shape index (κ1) is 95.5. The van der Waals surface area contributed by atoms with E-state index in [-0.39, 0.29) is 100 Å². The molecule has 0 rings (SSSR count). The number of carboxylic acid groups (broad SMARTS) is 1. The van der Waals surface area contributed by atoms with Crippen molar-refractivity contribution in [1.82, 2.24) is 69.1 Å². The molecule has 0 saturated carbocycles. The van der Waals surface area contributed by atoms with Crippen molar-refractivity contribution in [2.24, 2.45) is 74.0 Å². The maximum Gasteiger partial charge on any atom is 0.326 e. The molecule has 0 aliphatic heterocycles. The number of amides is 14. The number of aliphatic hydroxyl groups excluding tert-OH is 2. The van der Waals surface area contributed by atoms with Crippen LogP contribution in [0.5, 0.6) is 0 Å². The van der Waals surface area contributed by atoms with Gasteiger partial charge in [-0.15, -0.1) is 0 Å². The summed E-state index contributed by atoms with van der Waals surface area (Å²) in [6.45, 7) is 22.9. The smallest absolute Gasteiger partial charge is 0.326 e. The van der Waals surface area contributed by atoms with Gasteiger partial charge in [-0.25, -0.2) is 4.79 Å². The van der Waals surface area contributed by atoms with E-state index in [0.29, 0.717) is 6.42 Å². The lowest BCUT2D eigenvalue weighted by Crippen LogP contribution is -2.61. The van der Waals surface area contributed by atoms with Crippen molar-refractivity contribution >= 4 is 101 Å². The van der Waals surface area contributed by atoms with Crippen LogP contribution in [-0.4, -0.2) is 226 Å². The third-order valence-electron chi connectivity index (χ3n) is 16.2. The SMILES string of the molecule is CC[C@H](C)[C@H](NC(=O)[C@H](CCCN=C(N)N)NC(=O)[C@H](CCCN=C(N)N)NC(=O)[C@H](CC(C)C)NC(=O)[C@H](C)NC(=O)[C@H](C)NC(=O)[C@H](CC(C)C)NC(=O)[C@H](CC(C)C)NC(=O)[C@H](C)NC(=O)[C@H](CCC(N)=O)NC(=O)[C@H](CC(C)C)NC(=O)[C@@H](NC(=O)[C@H](C)NC(=O)[C@@H](N)CO)[C@@H](C)O)C(=O)O. The van der Waals surface area contributed by atoms with Crippen LogP contribution in [0.1, 0.15) is 174 Å². The minimum atomic E-state index is -1.69. The average molecular weight is 1500 g/mol. The Kier molecular flexibility index (Phi) is 44.1. The van der Waals surface area contributed by atoms with Gasteiger partial charge in [0.15, 0.2) is 11.9 Å². The molecule has 28 N–H and O–H groups in total. The van der Waals surface area contributed by atoms with Crippen LogP contribution in [0, 0.1) is 29.6 Å². The number of carboxylic acids is 1. The van der Waals surface area contributed by atoms with Crippen molar-refractivity contribution in [3.63, 3.8) is 0 Å². The van der Waals surface area contributed by atoms with Crippen molar-refractivity contribution in [2.75, 3.05) is 19.7 Å². The minimum Gasteiger partial charge on any atom is -0.480 e. The second-order valence-electron chi connectivity index (χ2n) is 28.0. The number of carbonyl (C=O) groups excluding carboxylic acids is 14. The minimum absolute atomic E-state index is 0.00111. The zero-order valence-corrected chi connectivity index (χ0v) is 63.3. The Morgan fingerprint density at radius 1 is 0.352 bits per heavy atom. The average Bonchev–Trinajstić information content (AvgIpc) is 0.866. The first-order chi connectivity index (χ1) is 48.8. The van der Waals surface area contributed by atoms with Gasteiger partial charge in [0.2, 0.25) is 82.7 Å². The molecule has 14 amide bonds. The van der Waals surface area contributed by atoms with Gasteiger partial charge in [-0.3, -0.25) is 77.1 Å². The topological polar surface area (TPSA) is 654 Å². The van der Waals surface area contributed by atoms with Gasteiger partial charge >= 0.3 is 5.97 Å². The Balaban J connectivity index is 6.59. The van der Waals surface area contributed by atoms with Crippen LogP contribution in [0.4, 0.5) is 0 Å². The molecule has 16 atom stereocenters. The molecule has 0 aliphatic rings. The third kappa shape index (κ3) is 38.2. The van der Waals surface area contributed by atoms with Gasteiger partial charge in [0.25, 0.3) is 0 Å². The van der Waals surface area contributed by atoms with Crippen molar-refractivity contribution in [1.29, 1.82) is 0 Å². The summed E-state index contributed by atoms with van der Waals surface area (Å²) in [4.78, 5) is 211. The Morgan fingerprint density at radius 2 is 0.619 bits per heavy atom. The molecule has 0 unspecified atom stereocenters.